The van der Waals surface area contributed by atoms with Crippen LogP contribution in [-0.4, -0.2) is 63.7 Å². The summed E-state index contributed by atoms with van der Waals surface area (Å²) in [5, 5.41) is 2.77. The lowest BCUT2D eigenvalue weighted by Crippen LogP contribution is -2.37. The van der Waals surface area contributed by atoms with E-state index in [1.165, 1.54) is 6.33 Å². The molecule has 46 heavy (non-hydrogen) atoms. The first kappa shape index (κ1) is 34.3. The first-order valence-electron chi connectivity index (χ1n) is 15.3. The fraction of sp³-hybridized carbons (Fsp3) is 0.533. The molecule has 2 aromatic heterocycles. The Balaban J connectivity index is 1.39. The van der Waals surface area contributed by atoms with E-state index in [0.717, 1.165) is 35.7 Å². The van der Waals surface area contributed by atoms with Crippen molar-refractivity contribution in [3.8, 4) is 5.75 Å². The zero-order chi connectivity index (χ0) is 32.9. The molecule has 0 bridgehead atoms. The van der Waals surface area contributed by atoms with Crippen molar-refractivity contribution in [2.45, 2.75) is 77.7 Å². The maximum atomic E-state index is 14.3. The van der Waals surface area contributed by atoms with E-state index in [0.29, 0.717) is 25.1 Å². The third kappa shape index (κ3) is 8.64. The Morgan fingerprint density at radius 3 is 2.80 bits per heavy atom. The number of H-pyrrole nitrogens is 1. The molecule has 2 unspecified atom stereocenters. The van der Waals surface area contributed by atoms with Crippen LogP contribution >= 0.6 is 23.7 Å². The van der Waals surface area contributed by atoms with Crippen LogP contribution in [0.2, 0.25) is 0 Å². The van der Waals surface area contributed by atoms with E-state index in [2.05, 4.69) is 36.0 Å². The van der Waals surface area contributed by atoms with E-state index in [1.54, 1.807) is 42.0 Å². The predicted molar refractivity (Wildman–Crippen MR) is 175 cm³/mol. The van der Waals surface area contributed by atoms with E-state index < -0.39 is 30.7 Å². The molecule has 5 rings (SSSR count). The van der Waals surface area contributed by atoms with Gasteiger partial charge in [-0.25, -0.2) is 9.55 Å². The molecular formula is C30H40BrN6O8P. The van der Waals surface area contributed by atoms with Crippen LogP contribution in [0.1, 0.15) is 59.3 Å². The molecule has 1 aromatic carbocycles. The van der Waals surface area contributed by atoms with Crippen molar-refractivity contribution >= 4 is 53.0 Å². The minimum Gasteiger partial charge on any atom is -0.462 e. The smallest absolute Gasteiger partial charge is 0.459 e. The predicted octanol–water partition coefficient (Wildman–Crippen LogP) is 5.15. The van der Waals surface area contributed by atoms with Crippen molar-refractivity contribution in [1.29, 1.82) is 0 Å². The number of hydrogen-bond donors (Lipinski definition) is 3. The summed E-state index contributed by atoms with van der Waals surface area (Å²) < 4.78 is 46.2. The highest BCUT2D eigenvalue weighted by molar-refractivity contribution is 9.10. The number of rotatable bonds is 15. The fourth-order valence-corrected chi connectivity index (χ4v) is 6.96. The van der Waals surface area contributed by atoms with Gasteiger partial charge >= 0.3 is 13.7 Å². The number of carbonyl (C=O) groups excluding carboxylic acids is 1. The molecule has 1 saturated heterocycles. The lowest BCUT2D eigenvalue weighted by Gasteiger charge is -2.27. The molecule has 14 nitrogen and oxygen atoms in total. The summed E-state index contributed by atoms with van der Waals surface area (Å²) in [6, 6.07) is 5.77. The Labute approximate surface area is 275 Å². The summed E-state index contributed by atoms with van der Waals surface area (Å²) in [6.45, 7) is 6.10. The number of carbonyl (C=O) groups is 1. The Bertz CT molecular complexity index is 1660. The largest absolute Gasteiger partial charge is 0.462 e. The van der Waals surface area contributed by atoms with Gasteiger partial charge in [-0.3, -0.25) is 23.7 Å². The SMILES string of the molecule is CCC[C@H](C)OC(=O)[C@H](C)NP(=O)(OC[C@@]1(COC2CCCCO2)C/C1=C/n1cnc2c(=O)[nH]c(N)nc21)Oc1ccc(Br)cc1. The summed E-state index contributed by atoms with van der Waals surface area (Å²) in [5.41, 5.74) is 5.93. The van der Waals surface area contributed by atoms with Crippen molar-refractivity contribution in [2.24, 2.45) is 5.41 Å². The number of aromatic nitrogens is 4. The molecule has 1 aliphatic heterocycles. The van der Waals surface area contributed by atoms with Gasteiger partial charge in [0.1, 0.15) is 18.1 Å². The quantitative estimate of drug-likeness (QED) is 0.139. The Hall–Kier alpha value is -3.07. The van der Waals surface area contributed by atoms with E-state index >= 15 is 0 Å². The molecule has 4 N–H and O–H groups in total. The number of aromatic amines is 1. The lowest BCUT2D eigenvalue weighted by molar-refractivity contribution is -0.171. The number of nitrogens with two attached hydrogens (primary N) is 1. The highest BCUT2D eigenvalue weighted by Gasteiger charge is 2.52. The summed E-state index contributed by atoms with van der Waals surface area (Å²) >= 11 is 3.39. The van der Waals surface area contributed by atoms with Crippen molar-refractivity contribution in [3.63, 3.8) is 0 Å². The average molecular weight is 724 g/mol. The zero-order valence-corrected chi connectivity index (χ0v) is 28.6. The van der Waals surface area contributed by atoms with Gasteiger partial charge in [-0.05, 0) is 75.8 Å². The molecule has 2 aliphatic rings. The molecule has 250 valence electrons. The summed E-state index contributed by atoms with van der Waals surface area (Å²) in [7, 11) is -4.16. The second kappa shape index (κ2) is 14.8. The maximum Gasteiger partial charge on any atom is 0.459 e. The van der Waals surface area contributed by atoms with Crippen molar-refractivity contribution in [3.05, 3.63) is 51.0 Å². The topological polar surface area (TPSA) is 182 Å². The third-order valence-corrected chi connectivity index (χ3v) is 9.93. The lowest BCUT2D eigenvalue weighted by atomic mass is 10.1. The van der Waals surface area contributed by atoms with Gasteiger partial charge in [-0.2, -0.15) is 10.1 Å². The first-order chi connectivity index (χ1) is 22.0. The van der Waals surface area contributed by atoms with Crippen LogP contribution in [0.4, 0.5) is 5.95 Å². The highest BCUT2D eigenvalue weighted by atomic mass is 79.9. The van der Waals surface area contributed by atoms with E-state index in [-0.39, 0.29) is 42.8 Å². The van der Waals surface area contributed by atoms with Crippen LogP contribution in [-0.2, 0) is 28.1 Å². The van der Waals surface area contributed by atoms with Crippen molar-refractivity contribution in [2.75, 3.05) is 25.6 Å². The van der Waals surface area contributed by atoms with Crippen LogP contribution in [0, 0.1) is 5.41 Å². The number of imidazole rings is 1. The maximum absolute atomic E-state index is 14.3. The number of benzene rings is 1. The van der Waals surface area contributed by atoms with Crippen LogP contribution < -0.4 is 20.9 Å². The summed E-state index contributed by atoms with van der Waals surface area (Å²) in [4.78, 5) is 36.0. The second-order valence-electron chi connectivity index (χ2n) is 11.7. The molecular weight excluding hydrogens is 683 g/mol. The number of halogens is 1. The third-order valence-electron chi connectivity index (χ3n) is 7.78. The number of fused-ring (bicyclic) bond motifs is 1. The average Bonchev–Trinajstić information content (AvgIpc) is 3.55. The number of nitrogens with one attached hydrogen (secondary N) is 2. The van der Waals surface area contributed by atoms with E-state index in [1.807, 2.05) is 13.8 Å². The van der Waals surface area contributed by atoms with Crippen LogP contribution in [0.15, 0.2) is 45.4 Å². The van der Waals surface area contributed by atoms with Gasteiger partial charge in [0.25, 0.3) is 5.56 Å². The normalized spacial score (nSPS) is 23.1. The molecule has 1 saturated carbocycles. The van der Waals surface area contributed by atoms with E-state index in [9.17, 15) is 14.2 Å². The van der Waals surface area contributed by atoms with Gasteiger partial charge < -0.3 is 24.5 Å². The molecule has 3 heterocycles. The van der Waals surface area contributed by atoms with Gasteiger partial charge in [0.15, 0.2) is 17.5 Å². The Morgan fingerprint density at radius 1 is 1.30 bits per heavy atom. The minimum absolute atomic E-state index is 0.0327. The van der Waals surface area contributed by atoms with Crippen LogP contribution in [0.5, 0.6) is 5.75 Å². The molecule has 3 aromatic rings. The van der Waals surface area contributed by atoms with Crippen LogP contribution in [0.3, 0.4) is 0 Å². The Kier molecular flexibility index (Phi) is 11.0. The molecule has 2 fully saturated rings. The number of nitrogens with zero attached hydrogens (tertiary/aromatic N) is 3. The van der Waals surface area contributed by atoms with Gasteiger partial charge in [0.2, 0.25) is 5.95 Å². The fourth-order valence-electron chi connectivity index (χ4n) is 5.12. The van der Waals surface area contributed by atoms with Gasteiger partial charge in [-0.1, -0.05) is 29.3 Å². The summed E-state index contributed by atoms with van der Waals surface area (Å²) in [5.74, 6) is -0.322. The molecule has 1 aliphatic carbocycles. The number of hydrogen-bond acceptors (Lipinski definition) is 11. The first-order valence-corrected chi connectivity index (χ1v) is 17.7. The molecule has 0 radical (unpaired) electrons. The zero-order valence-electron chi connectivity index (χ0n) is 26.1. The molecule has 0 spiro atoms. The second-order valence-corrected chi connectivity index (χ2v) is 14.3. The molecule has 5 atom stereocenters. The van der Waals surface area contributed by atoms with Crippen LogP contribution in [0.25, 0.3) is 17.4 Å². The highest BCUT2D eigenvalue weighted by Crippen LogP contribution is 2.57. The van der Waals surface area contributed by atoms with Crippen molar-refractivity contribution in [1.82, 2.24) is 24.6 Å². The van der Waals surface area contributed by atoms with Gasteiger partial charge in [0.05, 0.1) is 19.3 Å². The number of ether oxygens (including phenoxy) is 3. The monoisotopic (exact) mass is 722 g/mol. The Morgan fingerprint density at radius 2 is 2.09 bits per heavy atom. The molecule has 16 heteroatoms. The number of anilines is 1. The van der Waals surface area contributed by atoms with E-state index in [4.69, 9.17) is 29.0 Å². The minimum atomic E-state index is -4.16. The molecule has 0 amide bonds. The summed E-state index contributed by atoms with van der Waals surface area (Å²) in [6.07, 6.45) is 7.40. The van der Waals surface area contributed by atoms with Gasteiger partial charge in [0, 0.05) is 22.7 Å². The van der Waals surface area contributed by atoms with Crippen molar-refractivity contribution < 1.29 is 32.6 Å². The number of nitrogen functional groups attached to an aromatic ring is 1. The standard InChI is InChI=1S/C30H40BrN6O8P/c1-4-7-19(2)44-28(39)20(3)36-46(40,45-23-11-9-22(31)10-12-23)43-17-30(16-42-24-8-5-6-13-41-24)14-21(30)15-37-18-33-25-26(37)34-29(32)35-27(25)38/h9-12,15,18-20,24H,4-8,13-14,16-17H2,1-3H3,(H,36,40)(H3,32,34,35,38)/b21-15-/t19-,20-,24?,30-,46?/m0/s1. The van der Waals surface area contributed by atoms with Gasteiger partial charge in [-0.15, -0.1) is 0 Å². The number of esters is 1.